The van der Waals surface area contributed by atoms with Crippen molar-refractivity contribution in [1.29, 1.82) is 0 Å². The van der Waals surface area contributed by atoms with E-state index in [1.54, 1.807) is 0 Å². The molecule has 174 valence electrons. The van der Waals surface area contributed by atoms with E-state index in [-0.39, 0.29) is 11.1 Å². The Kier molecular flexibility index (Phi) is 16.0. The molecule has 0 aromatic rings. The third-order valence-corrected chi connectivity index (χ3v) is 5.07. The first-order valence-corrected chi connectivity index (χ1v) is 10.9. The molecule has 0 aromatic heterocycles. The Labute approximate surface area is 180 Å². The minimum absolute atomic E-state index is 0.00624. The van der Waals surface area contributed by atoms with E-state index in [0.717, 1.165) is 38.6 Å². The van der Waals surface area contributed by atoms with Gasteiger partial charge in [-0.3, -0.25) is 0 Å². The van der Waals surface area contributed by atoms with Crippen molar-refractivity contribution in [2.45, 2.75) is 96.5 Å². The molecule has 0 amide bonds. The zero-order chi connectivity index (χ0) is 22.8. The summed E-state index contributed by atoms with van der Waals surface area (Å²) in [5.74, 6) is -2.26. The maximum atomic E-state index is 11.1. The minimum Gasteiger partial charge on any atom is -0.478 e. The fraction of sp³-hybridized carbons (Fsp3) is 0.727. The van der Waals surface area contributed by atoms with E-state index < -0.39 is 17.5 Å². The predicted octanol–water partition coefficient (Wildman–Crippen LogP) is 3.94. The fourth-order valence-electron chi connectivity index (χ4n) is 3.33. The Morgan fingerprint density at radius 2 is 1.10 bits per heavy atom. The first-order valence-electron chi connectivity index (χ1n) is 10.9. The average Bonchev–Trinajstić information content (AvgIpc) is 2.67. The summed E-state index contributed by atoms with van der Waals surface area (Å²) in [5, 5.41) is 37.2. The summed E-state index contributed by atoms with van der Waals surface area (Å²) < 4.78 is 0. The lowest BCUT2D eigenvalue weighted by molar-refractivity contribution is -0.133. The van der Waals surface area contributed by atoms with Crippen LogP contribution in [0, 0.1) is 0 Å². The molecule has 0 aliphatic carbocycles. The maximum Gasteiger partial charge on any atom is 0.331 e. The van der Waals surface area contributed by atoms with Crippen molar-refractivity contribution in [3.05, 3.63) is 23.3 Å². The lowest BCUT2D eigenvalue weighted by atomic mass is 9.91. The second-order valence-electron chi connectivity index (χ2n) is 7.93. The second-order valence-corrected chi connectivity index (χ2v) is 7.93. The van der Waals surface area contributed by atoms with Gasteiger partial charge in [0.1, 0.15) is 5.60 Å². The van der Waals surface area contributed by atoms with Crippen LogP contribution >= 0.6 is 0 Å². The Morgan fingerprint density at radius 3 is 1.47 bits per heavy atom. The number of hydrazine groups is 1. The molecule has 0 saturated heterocycles. The number of rotatable bonds is 19. The molecule has 0 saturated carbocycles. The Balaban J connectivity index is 4.07. The molecule has 30 heavy (non-hydrogen) atoms. The molecular weight excluding hydrogens is 388 g/mol. The molecule has 8 heteroatoms. The number of carbonyl (C=O) groups is 2. The van der Waals surface area contributed by atoms with E-state index in [9.17, 15) is 14.7 Å². The van der Waals surface area contributed by atoms with E-state index in [0.29, 0.717) is 12.8 Å². The Bertz CT molecular complexity index is 530. The summed E-state index contributed by atoms with van der Waals surface area (Å²) in [6.45, 7) is 3.55. The molecule has 0 unspecified atom stereocenters. The van der Waals surface area contributed by atoms with Crippen molar-refractivity contribution in [2.75, 3.05) is 6.54 Å². The molecule has 0 aromatic carbocycles. The molecule has 0 rings (SSSR count). The Morgan fingerprint density at radius 1 is 0.733 bits per heavy atom. The summed E-state index contributed by atoms with van der Waals surface area (Å²) in [6.07, 6.45) is 14.8. The van der Waals surface area contributed by atoms with Gasteiger partial charge in [0.2, 0.25) is 0 Å². The van der Waals surface area contributed by atoms with Crippen LogP contribution in [0.5, 0.6) is 0 Å². The van der Waals surface area contributed by atoms with Crippen molar-refractivity contribution in [2.24, 2.45) is 0 Å². The summed E-state index contributed by atoms with van der Waals surface area (Å²) >= 11 is 0. The van der Waals surface area contributed by atoms with Gasteiger partial charge in [0.05, 0.1) is 0 Å². The highest BCUT2D eigenvalue weighted by Gasteiger charge is 2.24. The standard InChI is InChI=1S/C22H40N2O6/c1-18(20(25)26)16-22(29,17-19(2)21(27)28)14-12-10-8-6-4-3-5-7-9-11-13-15-23-24-30/h16-17,23-24,29-30H,3-15H2,1-2H3,(H,25,26)(H,27,28). The SMILES string of the molecule is CC(=CC(O)(C=C(C)C(=O)O)CCCCCCCCCCCCCNNO)C(=O)O. The van der Waals surface area contributed by atoms with E-state index in [4.69, 9.17) is 15.4 Å². The normalized spacial score (nSPS) is 14.5. The zero-order valence-corrected chi connectivity index (χ0v) is 18.5. The van der Waals surface area contributed by atoms with Crippen LogP contribution in [0.4, 0.5) is 0 Å². The van der Waals surface area contributed by atoms with Gasteiger partial charge in [-0.1, -0.05) is 57.8 Å². The first kappa shape index (κ1) is 28.3. The molecule has 0 radical (unpaired) electrons. The molecule has 0 bridgehead atoms. The van der Waals surface area contributed by atoms with Crippen molar-refractivity contribution < 1.29 is 30.1 Å². The predicted molar refractivity (Wildman–Crippen MR) is 116 cm³/mol. The van der Waals surface area contributed by atoms with Gasteiger partial charge < -0.3 is 20.5 Å². The zero-order valence-electron chi connectivity index (χ0n) is 18.5. The van der Waals surface area contributed by atoms with Crippen LogP contribution in [0.15, 0.2) is 23.3 Å². The molecule has 0 spiro atoms. The molecule has 0 aliphatic rings. The molecule has 0 fully saturated rings. The van der Waals surface area contributed by atoms with Crippen LogP contribution < -0.4 is 11.0 Å². The third-order valence-electron chi connectivity index (χ3n) is 5.07. The number of aliphatic hydroxyl groups is 1. The third kappa shape index (κ3) is 15.1. The van der Waals surface area contributed by atoms with E-state index in [2.05, 4.69) is 5.43 Å². The number of hydrogen-bond acceptors (Lipinski definition) is 6. The number of nitrogens with one attached hydrogen (secondary N) is 2. The molecule has 8 nitrogen and oxygen atoms in total. The van der Waals surface area contributed by atoms with Gasteiger partial charge in [0, 0.05) is 17.7 Å². The summed E-state index contributed by atoms with van der Waals surface area (Å²) in [4.78, 5) is 22.1. The summed E-state index contributed by atoms with van der Waals surface area (Å²) in [7, 11) is 0. The van der Waals surface area contributed by atoms with E-state index in [1.807, 2.05) is 5.59 Å². The fourth-order valence-corrected chi connectivity index (χ4v) is 3.33. The van der Waals surface area contributed by atoms with Gasteiger partial charge in [-0.15, -0.1) is 5.59 Å². The van der Waals surface area contributed by atoms with Gasteiger partial charge in [0.15, 0.2) is 0 Å². The Hall–Kier alpha value is -1.74. The van der Waals surface area contributed by atoms with Crippen LogP contribution in [0.1, 0.15) is 90.9 Å². The summed E-state index contributed by atoms with van der Waals surface area (Å²) in [5.41, 5.74) is 3.00. The van der Waals surface area contributed by atoms with Crippen LogP contribution in [-0.4, -0.2) is 44.6 Å². The second kappa shape index (κ2) is 17.0. The van der Waals surface area contributed by atoms with Gasteiger partial charge in [-0.2, -0.15) is 0 Å². The van der Waals surface area contributed by atoms with Crippen LogP contribution in [0.25, 0.3) is 0 Å². The quantitative estimate of drug-likeness (QED) is 0.103. The van der Waals surface area contributed by atoms with E-state index in [1.165, 1.54) is 58.1 Å². The van der Waals surface area contributed by atoms with Gasteiger partial charge in [0.25, 0.3) is 0 Å². The highest BCUT2D eigenvalue weighted by atomic mass is 16.5. The van der Waals surface area contributed by atoms with Crippen molar-refractivity contribution in [3.63, 3.8) is 0 Å². The van der Waals surface area contributed by atoms with Crippen LogP contribution in [0.2, 0.25) is 0 Å². The van der Waals surface area contributed by atoms with Crippen LogP contribution in [-0.2, 0) is 9.59 Å². The number of carboxylic acid groups (broad SMARTS) is 2. The molecule has 0 heterocycles. The minimum atomic E-state index is -1.56. The maximum absolute atomic E-state index is 11.1. The highest BCUT2D eigenvalue weighted by Crippen LogP contribution is 2.23. The van der Waals surface area contributed by atoms with Crippen molar-refractivity contribution in [3.8, 4) is 0 Å². The monoisotopic (exact) mass is 428 g/mol. The van der Waals surface area contributed by atoms with Crippen molar-refractivity contribution in [1.82, 2.24) is 11.0 Å². The van der Waals surface area contributed by atoms with Gasteiger partial charge in [-0.05, 0) is 45.3 Å². The first-order chi connectivity index (χ1) is 14.2. The molecular formula is C22H40N2O6. The smallest absolute Gasteiger partial charge is 0.331 e. The molecule has 6 N–H and O–H groups in total. The lowest BCUT2D eigenvalue weighted by Gasteiger charge is -2.22. The average molecular weight is 429 g/mol. The summed E-state index contributed by atoms with van der Waals surface area (Å²) in [6, 6.07) is 0. The topological polar surface area (TPSA) is 139 Å². The van der Waals surface area contributed by atoms with E-state index >= 15 is 0 Å². The lowest BCUT2D eigenvalue weighted by Crippen LogP contribution is -2.28. The number of carboxylic acids is 2. The number of aliphatic carboxylic acids is 2. The van der Waals surface area contributed by atoms with Gasteiger partial charge >= 0.3 is 11.9 Å². The molecule has 0 atom stereocenters. The largest absolute Gasteiger partial charge is 0.478 e. The number of unbranched alkanes of at least 4 members (excludes halogenated alkanes) is 10. The van der Waals surface area contributed by atoms with Gasteiger partial charge in [-0.25, -0.2) is 15.0 Å². The molecule has 0 aliphatic heterocycles. The van der Waals surface area contributed by atoms with Crippen molar-refractivity contribution >= 4 is 11.9 Å². The highest BCUT2D eigenvalue weighted by molar-refractivity contribution is 5.87. The number of hydrogen-bond donors (Lipinski definition) is 6. The van der Waals surface area contributed by atoms with Crippen LogP contribution in [0.3, 0.4) is 0 Å².